The zero-order valence-corrected chi connectivity index (χ0v) is 6.90. The number of rotatable bonds is 3. The SMILES string of the molecule is CCOC1(B(O)O)C=CNC=C1. The summed E-state index contributed by atoms with van der Waals surface area (Å²) in [4.78, 5) is 0. The second kappa shape index (κ2) is 3.75. The van der Waals surface area contributed by atoms with Crippen LogP contribution >= 0.6 is 0 Å². The van der Waals surface area contributed by atoms with Gasteiger partial charge >= 0.3 is 7.12 Å². The molecule has 0 amide bonds. The number of hydrogen-bond acceptors (Lipinski definition) is 4. The standard InChI is InChI=1S/C7H12BNO3/c1-2-12-7(8(10)11)3-5-9-6-4-7/h3-6,9-11H,2H2,1H3. The van der Waals surface area contributed by atoms with E-state index in [-0.39, 0.29) is 0 Å². The Morgan fingerprint density at radius 1 is 1.42 bits per heavy atom. The van der Waals surface area contributed by atoms with Gasteiger partial charge in [0.1, 0.15) is 5.50 Å². The summed E-state index contributed by atoms with van der Waals surface area (Å²) < 4.78 is 5.22. The van der Waals surface area contributed by atoms with Gasteiger partial charge in [0.15, 0.2) is 0 Å². The number of ether oxygens (including phenoxy) is 1. The van der Waals surface area contributed by atoms with E-state index in [4.69, 9.17) is 14.8 Å². The summed E-state index contributed by atoms with van der Waals surface area (Å²) >= 11 is 0. The molecule has 0 unspecified atom stereocenters. The molecule has 0 aromatic rings. The lowest BCUT2D eigenvalue weighted by molar-refractivity contribution is 0.0660. The zero-order valence-electron chi connectivity index (χ0n) is 6.90. The molecule has 0 bridgehead atoms. The van der Waals surface area contributed by atoms with Crippen LogP contribution < -0.4 is 5.32 Å². The average molecular weight is 169 g/mol. The van der Waals surface area contributed by atoms with Gasteiger partial charge in [0, 0.05) is 6.61 Å². The van der Waals surface area contributed by atoms with Crippen LogP contribution in [0.1, 0.15) is 6.92 Å². The first kappa shape index (κ1) is 9.31. The van der Waals surface area contributed by atoms with Gasteiger partial charge in [0.2, 0.25) is 0 Å². The van der Waals surface area contributed by atoms with Crippen LogP contribution in [-0.2, 0) is 4.74 Å². The first-order valence-corrected chi connectivity index (χ1v) is 3.83. The quantitative estimate of drug-likeness (QED) is 0.494. The Kier molecular flexibility index (Phi) is 2.91. The molecule has 1 heterocycles. The molecular formula is C7H12BNO3. The lowest BCUT2D eigenvalue weighted by Gasteiger charge is -2.27. The van der Waals surface area contributed by atoms with Gasteiger partial charge in [-0.2, -0.15) is 0 Å². The summed E-state index contributed by atoms with van der Waals surface area (Å²) in [7, 11) is -1.54. The molecule has 12 heavy (non-hydrogen) atoms. The van der Waals surface area contributed by atoms with Crippen LogP contribution in [0.5, 0.6) is 0 Å². The highest BCUT2D eigenvalue weighted by Gasteiger charge is 2.39. The molecule has 5 heteroatoms. The van der Waals surface area contributed by atoms with Crippen LogP contribution in [0.4, 0.5) is 0 Å². The van der Waals surface area contributed by atoms with Crippen molar-refractivity contribution >= 4 is 7.12 Å². The maximum absolute atomic E-state index is 9.06. The van der Waals surface area contributed by atoms with Crippen molar-refractivity contribution < 1.29 is 14.8 Å². The smallest absolute Gasteiger partial charge is 0.425 e. The zero-order chi connectivity index (χ0) is 9.03. The van der Waals surface area contributed by atoms with Crippen LogP contribution in [0.2, 0.25) is 0 Å². The second-order valence-corrected chi connectivity index (χ2v) is 2.49. The van der Waals surface area contributed by atoms with E-state index in [1.807, 2.05) is 0 Å². The first-order chi connectivity index (χ1) is 5.71. The summed E-state index contributed by atoms with van der Waals surface area (Å²) in [6.07, 6.45) is 6.35. The molecule has 0 spiro atoms. The predicted octanol–water partition coefficient (Wildman–Crippen LogP) is -0.596. The first-order valence-electron chi connectivity index (χ1n) is 3.83. The number of hydrogen-bond donors (Lipinski definition) is 3. The highest BCUT2D eigenvalue weighted by Crippen LogP contribution is 2.18. The lowest BCUT2D eigenvalue weighted by atomic mass is 9.67. The maximum atomic E-state index is 9.06. The maximum Gasteiger partial charge on any atom is 0.494 e. The lowest BCUT2D eigenvalue weighted by Crippen LogP contribution is -2.47. The minimum absolute atomic E-state index is 0.423. The predicted molar refractivity (Wildman–Crippen MR) is 46.0 cm³/mol. The van der Waals surface area contributed by atoms with Crippen molar-refractivity contribution in [2.24, 2.45) is 0 Å². The van der Waals surface area contributed by atoms with Crippen molar-refractivity contribution in [3.05, 3.63) is 24.6 Å². The molecule has 0 aromatic heterocycles. The fourth-order valence-electron chi connectivity index (χ4n) is 1.06. The molecule has 0 aliphatic carbocycles. The van der Waals surface area contributed by atoms with E-state index >= 15 is 0 Å². The van der Waals surface area contributed by atoms with Crippen molar-refractivity contribution in [1.82, 2.24) is 5.32 Å². The van der Waals surface area contributed by atoms with Crippen LogP contribution in [0.15, 0.2) is 24.6 Å². The highest BCUT2D eigenvalue weighted by molar-refractivity contribution is 6.47. The van der Waals surface area contributed by atoms with E-state index < -0.39 is 12.6 Å². The van der Waals surface area contributed by atoms with Crippen molar-refractivity contribution in [2.75, 3.05) is 6.61 Å². The molecule has 4 nitrogen and oxygen atoms in total. The Morgan fingerprint density at radius 2 is 2.00 bits per heavy atom. The van der Waals surface area contributed by atoms with E-state index in [1.165, 1.54) is 0 Å². The van der Waals surface area contributed by atoms with E-state index in [0.29, 0.717) is 6.61 Å². The third kappa shape index (κ3) is 1.69. The molecule has 3 N–H and O–H groups in total. The fourth-order valence-corrected chi connectivity index (χ4v) is 1.06. The van der Waals surface area contributed by atoms with E-state index in [2.05, 4.69) is 5.32 Å². The van der Waals surface area contributed by atoms with Crippen molar-refractivity contribution in [1.29, 1.82) is 0 Å². The topological polar surface area (TPSA) is 61.7 Å². The molecule has 0 aromatic carbocycles. The largest absolute Gasteiger partial charge is 0.494 e. The van der Waals surface area contributed by atoms with E-state index in [9.17, 15) is 0 Å². The van der Waals surface area contributed by atoms with Gasteiger partial charge in [-0.15, -0.1) is 0 Å². The van der Waals surface area contributed by atoms with Crippen LogP contribution in [0.3, 0.4) is 0 Å². The Hall–Kier alpha value is -0.775. The van der Waals surface area contributed by atoms with Gasteiger partial charge in [-0.1, -0.05) is 0 Å². The van der Waals surface area contributed by atoms with Gasteiger partial charge < -0.3 is 20.1 Å². The van der Waals surface area contributed by atoms with Gasteiger partial charge in [-0.3, -0.25) is 0 Å². The molecule has 1 aliphatic rings. The highest BCUT2D eigenvalue weighted by atomic mass is 16.5. The number of dihydropyridines is 1. The second-order valence-electron chi connectivity index (χ2n) is 2.49. The molecule has 0 saturated carbocycles. The van der Waals surface area contributed by atoms with Gasteiger partial charge in [0.25, 0.3) is 0 Å². The summed E-state index contributed by atoms with van der Waals surface area (Å²) in [5.74, 6) is 0. The molecule has 66 valence electrons. The van der Waals surface area contributed by atoms with Crippen molar-refractivity contribution in [3.63, 3.8) is 0 Å². The summed E-state index contributed by atoms with van der Waals surface area (Å²) in [6.45, 7) is 2.22. The normalized spacial score (nSPS) is 18.9. The fraction of sp³-hybridized carbons (Fsp3) is 0.429. The van der Waals surface area contributed by atoms with E-state index in [0.717, 1.165) is 0 Å². The molecule has 0 atom stereocenters. The Bertz CT molecular complexity index is 191. The Balaban J connectivity index is 2.77. The molecule has 0 fully saturated rings. The summed E-state index contributed by atoms with van der Waals surface area (Å²) in [5, 5.41) is 20.9. The summed E-state index contributed by atoms with van der Waals surface area (Å²) in [5.41, 5.74) is -1.08. The Morgan fingerprint density at radius 3 is 2.42 bits per heavy atom. The van der Waals surface area contributed by atoms with Gasteiger partial charge in [0.05, 0.1) is 0 Å². The van der Waals surface area contributed by atoms with E-state index in [1.54, 1.807) is 31.5 Å². The monoisotopic (exact) mass is 169 g/mol. The molecule has 1 aliphatic heterocycles. The number of nitrogens with one attached hydrogen (secondary N) is 1. The van der Waals surface area contributed by atoms with Crippen LogP contribution in [0.25, 0.3) is 0 Å². The third-order valence-electron chi connectivity index (χ3n) is 1.68. The van der Waals surface area contributed by atoms with Gasteiger partial charge in [-0.25, -0.2) is 0 Å². The Labute approximate surface area is 71.7 Å². The van der Waals surface area contributed by atoms with Crippen molar-refractivity contribution in [2.45, 2.75) is 12.4 Å². The van der Waals surface area contributed by atoms with Gasteiger partial charge in [-0.05, 0) is 31.5 Å². The molecule has 0 saturated heterocycles. The molecular weight excluding hydrogens is 157 g/mol. The van der Waals surface area contributed by atoms with Crippen LogP contribution in [-0.4, -0.2) is 29.3 Å². The average Bonchev–Trinajstić information content (AvgIpc) is 2.06. The van der Waals surface area contributed by atoms with Crippen LogP contribution in [0, 0.1) is 0 Å². The summed E-state index contributed by atoms with van der Waals surface area (Å²) in [6, 6.07) is 0. The minimum Gasteiger partial charge on any atom is -0.425 e. The minimum atomic E-state index is -1.54. The van der Waals surface area contributed by atoms with Crippen molar-refractivity contribution in [3.8, 4) is 0 Å². The molecule has 0 radical (unpaired) electrons. The third-order valence-corrected chi connectivity index (χ3v) is 1.68. The molecule has 1 rings (SSSR count).